The monoisotopic (exact) mass is 334 g/mol. The predicted octanol–water partition coefficient (Wildman–Crippen LogP) is 3.47. The minimum Gasteiger partial charge on any atom is -0.378 e. The summed E-state index contributed by atoms with van der Waals surface area (Å²) in [5.41, 5.74) is 2.15. The molecule has 0 bridgehead atoms. The number of amides is 1. The topological polar surface area (TPSA) is 64.4 Å². The van der Waals surface area contributed by atoms with Crippen LogP contribution in [-0.4, -0.2) is 29.8 Å². The van der Waals surface area contributed by atoms with Gasteiger partial charge in [-0.2, -0.15) is 0 Å². The van der Waals surface area contributed by atoms with Crippen molar-refractivity contribution in [1.82, 2.24) is 10.5 Å². The van der Waals surface area contributed by atoms with Crippen molar-refractivity contribution in [2.45, 2.75) is 84.3 Å². The van der Waals surface area contributed by atoms with E-state index >= 15 is 0 Å². The van der Waals surface area contributed by atoms with Gasteiger partial charge in [-0.05, 0) is 46.5 Å². The van der Waals surface area contributed by atoms with Gasteiger partial charge in [0.2, 0.25) is 5.91 Å². The fourth-order valence-corrected chi connectivity index (χ4v) is 4.63. The van der Waals surface area contributed by atoms with Crippen LogP contribution >= 0.6 is 0 Å². The molecule has 1 aromatic rings. The SMILES string of the molecule is CCOC1CC(NC(=O)CCc2c(C)noc2C)C12CCCCC2. The number of ether oxygens (including phenoxy) is 1. The van der Waals surface area contributed by atoms with E-state index in [1.165, 1.54) is 32.1 Å². The Labute approximate surface area is 144 Å². The van der Waals surface area contributed by atoms with E-state index in [2.05, 4.69) is 17.4 Å². The van der Waals surface area contributed by atoms with Crippen LogP contribution in [0.2, 0.25) is 0 Å². The first kappa shape index (κ1) is 17.5. The maximum absolute atomic E-state index is 12.5. The average molecular weight is 334 g/mol. The van der Waals surface area contributed by atoms with Gasteiger partial charge in [0.25, 0.3) is 0 Å². The Morgan fingerprint density at radius 1 is 1.33 bits per heavy atom. The summed E-state index contributed by atoms with van der Waals surface area (Å²) in [5, 5.41) is 7.25. The minimum absolute atomic E-state index is 0.139. The summed E-state index contributed by atoms with van der Waals surface area (Å²) < 4.78 is 11.1. The molecule has 0 aromatic carbocycles. The number of carbonyl (C=O) groups excluding carboxylic acids is 1. The van der Waals surface area contributed by atoms with Crippen molar-refractivity contribution in [3.63, 3.8) is 0 Å². The first-order valence-corrected chi connectivity index (χ1v) is 9.39. The Morgan fingerprint density at radius 2 is 2.08 bits per heavy atom. The number of aryl methyl sites for hydroxylation is 2. The van der Waals surface area contributed by atoms with Crippen LogP contribution in [0.3, 0.4) is 0 Å². The standard InChI is InChI=1S/C19H30N2O3/c1-4-23-17-12-16(19(17)10-6-5-7-11-19)20-18(22)9-8-15-13(2)21-24-14(15)3/h16-17H,4-12H2,1-3H3,(H,20,22). The first-order chi connectivity index (χ1) is 11.6. The van der Waals surface area contributed by atoms with Crippen molar-refractivity contribution in [2.24, 2.45) is 5.41 Å². The highest BCUT2D eigenvalue weighted by molar-refractivity contribution is 5.77. The molecule has 2 aliphatic rings. The quantitative estimate of drug-likeness (QED) is 0.865. The van der Waals surface area contributed by atoms with Gasteiger partial charge in [0, 0.05) is 30.0 Å². The van der Waals surface area contributed by atoms with Gasteiger partial charge < -0.3 is 14.6 Å². The number of rotatable bonds is 6. The summed E-state index contributed by atoms with van der Waals surface area (Å²) >= 11 is 0. The van der Waals surface area contributed by atoms with Gasteiger partial charge in [-0.15, -0.1) is 0 Å². The Hall–Kier alpha value is -1.36. The van der Waals surface area contributed by atoms with Crippen molar-refractivity contribution in [1.29, 1.82) is 0 Å². The molecule has 2 aliphatic carbocycles. The molecule has 2 saturated carbocycles. The molecular formula is C19H30N2O3. The lowest BCUT2D eigenvalue weighted by molar-refractivity contribution is -0.157. The molecule has 3 rings (SSSR count). The molecule has 1 N–H and O–H groups in total. The van der Waals surface area contributed by atoms with E-state index in [1.807, 2.05) is 13.8 Å². The fourth-order valence-electron chi connectivity index (χ4n) is 4.63. The second kappa shape index (κ2) is 7.26. The summed E-state index contributed by atoms with van der Waals surface area (Å²) in [6.45, 7) is 6.66. The zero-order valence-corrected chi connectivity index (χ0v) is 15.2. The van der Waals surface area contributed by atoms with Crippen molar-refractivity contribution < 1.29 is 14.1 Å². The highest BCUT2D eigenvalue weighted by atomic mass is 16.5. The first-order valence-electron chi connectivity index (χ1n) is 9.39. The molecule has 0 saturated heterocycles. The molecule has 1 aromatic heterocycles. The number of aromatic nitrogens is 1. The Bertz CT molecular complexity index is 556. The summed E-state index contributed by atoms with van der Waals surface area (Å²) in [4.78, 5) is 12.5. The van der Waals surface area contributed by atoms with Crippen molar-refractivity contribution in [2.75, 3.05) is 6.61 Å². The van der Waals surface area contributed by atoms with Gasteiger partial charge in [0.1, 0.15) is 5.76 Å². The second-order valence-corrected chi connectivity index (χ2v) is 7.40. The summed E-state index contributed by atoms with van der Waals surface area (Å²) in [6.07, 6.45) is 8.69. The van der Waals surface area contributed by atoms with Crippen LogP contribution in [0.1, 0.15) is 68.9 Å². The molecule has 2 fully saturated rings. The molecule has 134 valence electrons. The number of hydrogen-bond acceptors (Lipinski definition) is 4. The van der Waals surface area contributed by atoms with Crippen molar-refractivity contribution >= 4 is 5.91 Å². The molecule has 0 radical (unpaired) electrons. The van der Waals surface area contributed by atoms with Gasteiger partial charge in [0.05, 0.1) is 11.8 Å². The Balaban J connectivity index is 1.56. The van der Waals surface area contributed by atoms with E-state index in [4.69, 9.17) is 9.26 Å². The smallest absolute Gasteiger partial charge is 0.220 e. The maximum Gasteiger partial charge on any atom is 0.220 e. The molecule has 2 unspecified atom stereocenters. The lowest BCUT2D eigenvalue weighted by Crippen LogP contribution is -2.65. The summed E-state index contributed by atoms with van der Waals surface area (Å²) in [6, 6.07) is 0.284. The molecule has 5 heteroatoms. The van der Waals surface area contributed by atoms with E-state index in [-0.39, 0.29) is 17.4 Å². The minimum atomic E-state index is 0.139. The molecule has 2 atom stereocenters. The van der Waals surface area contributed by atoms with Gasteiger partial charge in [-0.3, -0.25) is 4.79 Å². The predicted molar refractivity (Wildman–Crippen MR) is 91.8 cm³/mol. The largest absolute Gasteiger partial charge is 0.378 e. The fraction of sp³-hybridized carbons (Fsp3) is 0.789. The highest BCUT2D eigenvalue weighted by Gasteiger charge is 2.55. The van der Waals surface area contributed by atoms with Gasteiger partial charge in [-0.25, -0.2) is 0 Å². The molecular weight excluding hydrogens is 304 g/mol. The normalized spacial score (nSPS) is 25.5. The summed E-state index contributed by atoms with van der Waals surface area (Å²) in [7, 11) is 0. The highest BCUT2D eigenvalue weighted by Crippen LogP contribution is 2.53. The lowest BCUT2D eigenvalue weighted by atomic mass is 9.55. The summed E-state index contributed by atoms with van der Waals surface area (Å²) in [5.74, 6) is 0.962. The number of nitrogens with one attached hydrogen (secondary N) is 1. The van der Waals surface area contributed by atoms with Crippen LogP contribution in [0.25, 0.3) is 0 Å². The average Bonchev–Trinajstić information content (AvgIpc) is 2.91. The number of carbonyl (C=O) groups is 1. The van der Waals surface area contributed by atoms with Crippen LogP contribution in [0.5, 0.6) is 0 Å². The number of hydrogen-bond donors (Lipinski definition) is 1. The maximum atomic E-state index is 12.5. The van der Waals surface area contributed by atoms with Crippen molar-refractivity contribution in [3.8, 4) is 0 Å². The van der Waals surface area contributed by atoms with Crippen LogP contribution in [-0.2, 0) is 16.0 Å². The molecule has 0 aliphatic heterocycles. The third-order valence-corrected chi connectivity index (χ3v) is 6.06. The van der Waals surface area contributed by atoms with E-state index in [0.29, 0.717) is 18.9 Å². The van der Waals surface area contributed by atoms with Gasteiger partial charge >= 0.3 is 0 Å². The number of nitrogens with zero attached hydrogens (tertiary/aromatic N) is 1. The van der Waals surface area contributed by atoms with Crippen LogP contribution in [0.4, 0.5) is 0 Å². The van der Waals surface area contributed by atoms with E-state index in [9.17, 15) is 4.79 Å². The third-order valence-electron chi connectivity index (χ3n) is 6.06. The molecule has 1 heterocycles. The van der Waals surface area contributed by atoms with Crippen LogP contribution < -0.4 is 5.32 Å². The molecule has 1 amide bonds. The van der Waals surface area contributed by atoms with Gasteiger partial charge in [-0.1, -0.05) is 24.4 Å². The Kier molecular flexibility index (Phi) is 5.28. The van der Waals surface area contributed by atoms with Crippen LogP contribution in [0.15, 0.2) is 4.52 Å². The van der Waals surface area contributed by atoms with E-state index in [1.54, 1.807) is 0 Å². The molecule has 24 heavy (non-hydrogen) atoms. The van der Waals surface area contributed by atoms with E-state index < -0.39 is 0 Å². The van der Waals surface area contributed by atoms with E-state index in [0.717, 1.165) is 30.0 Å². The lowest BCUT2D eigenvalue weighted by Gasteiger charge is -2.57. The zero-order chi connectivity index (χ0) is 17.2. The zero-order valence-electron chi connectivity index (χ0n) is 15.2. The Morgan fingerprint density at radius 3 is 2.71 bits per heavy atom. The molecule has 5 nitrogen and oxygen atoms in total. The second-order valence-electron chi connectivity index (χ2n) is 7.40. The third kappa shape index (κ3) is 3.23. The molecule has 1 spiro atoms. The van der Waals surface area contributed by atoms with Crippen molar-refractivity contribution in [3.05, 3.63) is 17.0 Å². The van der Waals surface area contributed by atoms with Crippen LogP contribution in [0, 0.1) is 19.3 Å². The van der Waals surface area contributed by atoms with Gasteiger partial charge in [0.15, 0.2) is 0 Å².